The standard InChI is InChI=1S/C14H18ClNO3/c1-9(17)7-10-3-2-6-16(10)14(19)12-8-11(18)4-5-13(12)15/h4-5,8-10,17-18H,2-3,6-7H2,1H3. The molecule has 19 heavy (non-hydrogen) atoms. The molecule has 0 aliphatic carbocycles. The first-order valence-electron chi connectivity index (χ1n) is 6.46. The summed E-state index contributed by atoms with van der Waals surface area (Å²) in [6, 6.07) is 4.41. The van der Waals surface area contributed by atoms with Crippen LogP contribution in [0.1, 0.15) is 36.5 Å². The van der Waals surface area contributed by atoms with Gasteiger partial charge in [0.25, 0.3) is 5.91 Å². The topological polar surface area (TPSA) is 60.8 Å². The van der Waals surface area contributed by atoms with Gasteiger partial charge in [0.05, 0.1) is 16.7 Å². The number of benzene rings is 1. The minimum absolute atomic E-state index is 0.0269. The Bertz CT molecular complexity index is 476. The molecule has 1 aromatic carbocycles. The van der Waals surface area contributed by atoms with Crippen molar-refractivity contribution < 1.29 is 15.0 Å². The van der Waals surface area contributed by atoms with Crippen molar-refractivity contribution >= 4 is 17.5 Å². The molecule has 0 spiro atoms. The molecule has 104 valence electrons. The predicted molar refractivity (Wildman–Crippen MR) is 73.5 cm³/mol. The Morgan fingerprint density at radius 1 is 1.58 bits per heavy atom. The second-order valence-corrected chi connectivity index (χ2v) is 5.45. The molecular formula is C14H18ClNO3. The summed E-state index contributed by atoms with van der Waals surface area (Å²) in [5.74, 6) is -0.150. The number of aliphatic hydroxyl groups is 1. The molecule has 1 saturated heterocycles. The van der Waals surface area contributed by atoms with Crippen molar-refractivity contribution in [3.63, 3.8) is 0 Å². The Morgan fingerprint density at radius 3 is 3.00 bits per heavy atom. The van der Waals surface area contributed by atoms with Gasteiger partial charge in [0, 0.05) is 12.6 Å². The molecule has 2 unspecified atom stereocenters. The van der Waals surface area contributed by atoms with Crippen LogP contribution in [-0.2, 0) is 0 Å². The number of nitrogens with zero attached hydrogens (tertiary/aromatic N) is 1. The highest BCUT2D eigenvalue weighted by atomic mass is 35.5. The normalized spacial score (nSPS) is 20.6. The van der Waals surface area contributed by atoms with Gasteiger partial charge in [-0.2, -0.15) is 0 Å². The van der Waals surface area contributed by atoms with E-state index < -0.39 is 6.10 Å². The number of carbonyl (C=O) groups excluding carboxylic acids is 1. The molecule has 5 heteroatoms. The Hall–Kier alpha value is -1.26. The highest BCUT2D eigenvalue weighted by Gasteiger charge is 2.31. The quantitative estimate of drug-likeness (QED) is 0.896. The number of aliphatic hydroxyl groups excluding tert-OH is 1. The Morgan fingerprint density at radius 2 is 2.32 bits per heavy atom. The number of hydrogen-bond acceptors (Lipinski definition) is 3. The fraction of sp³-hybridized carbons (Fsp3) is 0.500. The summed E-state index contributed by atoms with van der Waals surface area (Å²) < 4.78 is 0. The average Bonchev–Trinajstić information content (AvgIpc) is 2.78. The molecule has 4 nitrogen and oxygen atoms in total. The second-order valence-electron chi connectivity index (χ2n) is 5.04. The van der Waals surface area contributed by atoms with E-state index in [9.17, 15) is 15.0 Å². The van der Waals surface area contributed by atoms with Crippen LogP contribution in [0.15, 0.2) is 18.2 Å². The van der Waals surface area contributed by atoms with E-state index in [0.717, 1.165) is 12.8 Å². The fourth-order valence-electron chi connectivity index (χ4n) is 2.57. The number of likely N-dealkylation sites (tertiary alicyclic amines) is 1. The molecule has 2 N–H and O–H groups in total. The van der Waals surface area contributed by atoms with Gasteiger partial charge in [-0.3, -0.25) is 4.79 Å². The molecule has 0 radical (unpaired) electrons. The van der Waals surface area contributed by atoms with Crippen molar-refractivity contribution in [1.82, 2.24) is 4.90 Å². The lowest BCUT2D eigenvalue weighted by molar-refractivity contribution is 0.0682. The molecule has 0 bridgehead atoms. The number of aromatic hydroxyl groups is 1. The molecule has 2 rings (SSSR count). The smallest absolute Gasteiger partial charge is 0.255 e. The van der Waals surface area contributed by atoms with Crippen LogP contribution in [0, 0.1) is 0 Å². The summed E-state index contributed by atoms with van der Waals surface area (Å²) in [5.41, 5.74) is 0.319. The third kappa shape index (κ3) is 3.19. The van der Waals surface area contributed by atoms with Crippen LogP contribution in [-0.4, -0.2) is 39.7 Å². The maximum absolute atomic E-state index is 12.5. The predicted octanol–water partition coefficient (Wildman–Crippen LogP) is 2.42. The molecule has 1 aliphatic rings. The van der Waals surface area contributed by atoms with Crippen molar-refractivity contribution in [1.29, 1.82) is 0 Å². The summed E-state index contributed by atoms with van der Waals surface area (Å²) in [4.78, 5) is 14.2. The van der Waals surface area contributed by atoms with Gasteiger partial charge < -0.3 is 15.1 Å². The first kappa shape index (κ1) is 14.2. The first-order chi connectivity index (χ1) is 8.99. The Balaban J connectivity index is 2.20. The zero-order valence-corrected chi connectivity index (χ0v) is 11.6. The molecule has 2 atom stereocenters. The van der Waals surface area contributed by atoms with Crippen LogP contribution in [0.4, 0.5) is 0 Å². The van der Waals surface area contributed by atoms with Gasteiger partial charge in [-0.15, -0.1) is 0 Å². The minimum Gasteiger partial charge on any atom is -0.508 e. The first-order valence-corrected chi connectivity index (χ1v) is 6.84. The Labute approximate surface area is 117 Å². The molecule has 1 aliphatic heterocycles. The van der Waals surface area contributed by atoms with Gasteiger partial charge in [0.15, 0.2) is 0 Å². The van der Waals surface area contributed by atoms with Crippen molar-refractivity contribution in [2.75, 3.05) is 6.54 Å². The number of hydrogen-bond donors (Lipinski definition) is 2. The van der Waals surface area contributed by atoms with Crippen LogP contribution >= 0.6 is 11.6 Å². The largest absolute Gasteiger partial charge is 0.508 e. The summed E-state index contributed by atoms with van der Waals surface area (Å²) in [5, 5.41) is 19.3. The van der Waals surface area contributed by atoms with Gasteiger partial charge in [-0.1, -0.05) is 11.6 Å². The molecule has 1 heterocycles. The Kier molecular flexibility index (Phi) is 4.32. The molecular weight excluding hydrogens is 266 g/mol. The van der Waals surface area contributed by atoms with Crippen LogP contribution in [0.25, 0.3) is 0 Å². The average molecular weight is 284 g/mol. The lowest BCUT2D eigenvalue weighted by Gasteiger charge is -2.26. The third-order valence-corrected chi connectivity index (χ3v) is 3.76. The summed E-state index contributed by atoms with van der Waals surface area (Å²) in [6.07, 6.45) is 1.97. The van der Waals surface area contributed by atoms with E-state index >= 15 is 0 Å². The molecule has 1 aromatic rings. The van der Waals surface area contributed by atoms with Gasteiger partial charge in [0.1, 0.15) is 5.75 Å². The molecule has 0 aromatic heterocycles. The number of phenolic OH excluding ortho intramolecular Hbond substituents is 1. The minimum atomic E-state index is -0.432. The van der Waals surface area contributed by atoms with Crippen LogP contribution in [0.2, 0.25) is 5.02 Å². The van der Waals surface area contributed by atoms with E-state index in [1.54, 1.807) is 11.8 Å². The molecule has 1 fully saturated rings. The van der Waals surface area contributed by atoms with Crippen LogP contribution in [0.5, 0.6) is 5.75 Å². The fourth-order valence-corrected chi connectivity index (χ4v) is 2.77. The summed E-state index contributed by atoms with van der Waals surface area (Å²) in [6.45, 7) is 2.39. The highest BCUT2D eigenvalue weighted by Crippen LogP contribution is 2.28. The number of carbonyl (C=O) groups is 1. The number of halogens is 1. The monoisotopic (exact) mass is 283 g/mol. The van der Waals surface area contributed by atoms with E-state index in [-0.39, 0.29) is 17.7 Å². The summed E-state index contributed by atoms with van der Waals surface area (Å²) in [7, 11) is 0. The van der Waals surface area contributed by atoms with Gasteiger partial charge >= 0.3 is 0 Å². The van der Waals surface area contributed by atoms with Crippen molar-refractivity contribution in [2.45, 2.75) is 38.3 Å². The van der Waals surface area contributed by atoms with Crippen molar-refractivity contribution in [3.05, 3.63) is 28.8 Å². The van der Waals surface area contributed by atoms with Gasteiger partial charge in [-0.05, 0) is 44.4 Å². The van der Waals surface area contributed by atoms with Crippen LogP contribution in [0.3, 0.4) is 0 Å². The molecule has 0 saturated carbocycles. The van der Waals surface area contributed by atoms with Crippen LogP contribution < -0.4 is 0 Å². The maximum atomic E-state index is 12.5. The number of amides is 1. The highest BCUT2D eigenvalue weighted by molar-refractivity contribution is 6.33. The third-order valence-electron chi connectivity index (χ3n) is 3.43. The number of phenols is 1. The molecule has 1 amide bonds. The maximum Gasteiger partial charge on any atom is 0.255 e. The SMILES string of the molecule is CC(O)CC1CCCN1C(=O)c1cc(O)ccc1Cl. The van der Waals surface area contributed by atoms with E-state index in [4.69, 9.17) is 11.6 Å². The van der Waals surface area contributed by atoms with Gasteiger partial charge in [-0.25, -0.2) is 0 Å². The lowest BCUT2D eigenvalue weighted by Crippen LogP contribution is -2.37. The van der Waals surface area contributed by atoms with Gasteiger partial charge in [0.2, 0.25) is 0 Å². The van der Waals surface area contributed by atoms with E-state index in [1.807, 2.05) is 0 Å². The number of rotatable bonds is 3. The van der Waals surface area contributed by atoms with E-state index in [2.05, 4.69) is 0 Å². The zero-order chi connectivity index (χ0) is 14.0. The van der Waals surface area contributed by atoms with Crippen molar-refractivity contribution in [2.24, 2.45) is 0 Å². The van der Waals surface area contributed by atoms with E-state index in [1.165, 1.54) is 18.2 Å². The zero-order valence-electron chi connectivity index (χ0n) is 10.8. The second kappa shape index (κ2) is 5.80. The van der Waals surface area contributed by atoms with E-state index in [0.29, 0.717) is 23.6 Å². The van der Waals surface area contributed by atoms with Crippen molar-refractivity contribution in [3.8, 4) is 5.75 Å². The summed E-state index contributed by atoms with van der Waals surface area (Å²) >= 11 is 6.01. The lowest BCUT2D eigenvalue weighted by atomic mass is 10.1.